The van der Waals surface area contributed by atoms with Crippen LogP contribution in [0.25, 0.3) is 0 Å². The minimum absolute atomic E-state index is 0.435. The summed E-state index contributed by atoms with van der Waals surface area (Å²) in [6.07, 6.45) is 54.2. The standard InChI is InChI=1S/C48H99OSi/c1-7-10-13-16-19-22-25-28-31-34-37-40-43-46(4)50(49,47(5)44-41-38-35-32-29-26-23-20-17-14-11-8-2)48(6)45-42-39-36-33-30-27-24-21-18-15-12-9-3/h46-48H,7-45H2,1-6H3. The van der Waals surface area contributed by atoms with Crippen molar-refractivity contribution < 1.29 is 4.80 Å². The van der Waals surface area contributed by atoms with Gasteiger partial charge in [0.25, 0.3) is 0 Å². The Bertz CT molecular complexity index is 550. The second kappa shape index (κ2) is 38.9. The van der Waals surface area contributed by atoms with Gasteiger partial charge < -0.3 is 0 Å². The molecule has 0 amide bonds. The van der Waals surface area contributed by atoms with Gasteiger partial charge in [0.15, 0.2) is 0 Å². The maximum absolute atomic E-state index is 15.1. The minimum atomic E-state index is -2.61. The molecule has 0 aliphatic rings. The van der Waals surface area contributed by atoms with Crippen LogP contribution in [0.4, 0.5) is 0 Å². The zero-order valence-electron chi connectivity index (χ0n) is 36.2. The molecule has 1 nitrogen and oxygen atoms in total. The Morgan fingerprint density at radius 2 is 0.400 bits per heavy atom. The fourth-order valence-corrected chi connectivity index (χ4v) is 13.9. The molecule has 3 atom stereocenters. The first-order valence-corrected chi connectivity index (χ1v) is 26.3. The minimum Gasteiger partial charge on any atom is -0.296 e. The van der Waals surface area contributed by atoms with Gasteiger partial charge in [0, 0.05) is 0 Å². The Kier molecular flexibility index (Phi) is 39.0. The van der Waals surface area contributed by atoms with E-state index in [1.807, 2.05) is 0 Å². The number of unbranched alkanes of at least 4 members (excludes halogenated alkanes) is 33. The van der Waals surface area contributed by atoms with E-state index < -0.39 is 8.32 Å². The van der Waals surface area contributed by atoms with E-state index in [1.165, 1.54) is 250 Å². The molecule has 0 bridgehead atoms. The third-order valence-corrected chi connectivity index (χ3v) is 18.3. The van der Waals surface area contributed by atoms with Gasteiger partial charge >= 0.3 is 0 Å². The van der Waals surface area contributed by atoms with Gasteiger partial charge in [-0.3, -0.25) is 4.80 Å². The maximum Gasteiger partial charge on any atom is 0.245 e. The van der Waals surface area contributed by atoms with Crippen molar-refractivity contribution in [2.24, 2.45) is 0 Å². The molecule has 0 aromatic heterocycles. The van der Waals surface area contributed by atoms with Gasteiger partial charge in [-0.2, -0.15) is 0 Å². The first-order valence-electron chi connectivity index (χ1n) is 24.1. The van der Waals surface area contributed by atoms with Crippen LogP contribution in [0, 0.1) is 0 Å². The largest absolute Gasteiger partial charge is 0.296 e. The lowest BCUT2D eigenvalue weighted by Gasteiger charge is -2.39. The molecule has 301 valence electrons. The smallest absolute Gasteiger partial charge is 0.245 e. The van der Waals surface area contributed by atoms with E-state index in [0.717, 1.165) is 0 Å². The first-order chi connectivity index (χ1) is 24.4. The summed E-state index contributed by atoms with van der Waals surface area (Å²) >= 11 is 0. The van der Waals surface area contributed by atoms with Gasteiger partial charge in [-0.25, -0.2) is 0 Å². The van der Waals surface area contributed by atoms with Crippen LogP contribution in [-0.4, -0.2) is 8.32 Å². The average molecular weight is 720 g/mol. The monoisotopic (exact) mass is 720 g/mol. The average Bonchev–Trinajstić information content (AvgIpc) is 3.12. The maximum atomic E-state index is 15.1. The summed E-state index contributed by atoms with van der Waals surface area (Å²) in [5.41, 5.74) is 1.31. The van der Waals surface area contributed by atoms with Crippen molar-refractivity contribution in [2.45, 2.75) is 309 Å². The van der Waals surface area contributed by atoms with E-state index in [-0.39, 0.29) is 0 Å². The second-order valence-corrected chi connectivity index (χ2v) is 22.3. The van der Waals surface area contributed by atoms with Gasteiger partial charge in [-0.15, -0.1) is 0 Å². The van der Waals surface area contributed by atoms with E-state index >= 15 is 4.80 Å². The Hall–Kier alpha value is 0.177. The molecular weight excluding hydrogens is 621 g/mol. The summed E-state index contributed by atoms with van der Waals surface area (Å²) in [6.45, 7) is 14.2. The summed E-state index contributed by atoms with van der Waals surface area (Å²) < 4.78 is 0. The lowest BCUT2D eigenvalue weighted by molar-refractivity contribution is 0.346. The van der Waals surface area contributed by atoms with E-state index in [2.05, 4.69) is 41.5 Å². The molecule has 1 radical (unpaired) electrons. The summed E-state index contributed by atoms with van der Waals surface area (Å²) in [5.74, 6) is 0. The second-order valence-electron chi connectivity index (χ2n) is 17.6. The van der Waals surface area contributed by atoms with Crippen LogP contribution in [0.5, 0.6) is 0 Å². The Morgan fingerprint density at radius 1 is 0.260 bits per heavy atom. The summed E-state index contributed by atoms with van der Waals surface area (Å²) in [6, 6.07) is 0. The van der Waals surface area contributed by atoms with E-state index in [1.54, 1.807) is 0 Å². The Labute approximate surface area is 320 Å². The van der Waals surface area contributed by atoms with Crippen LogP contribution in [0.2, 0.25) is 16.6 Å². The number of rotatable bonds is 42. The molecule has 2 heteroatoms. The van der Waals surface area contributed by atoms with Crippen molar-refractivity contribution in [1.29, 1.82) is 0 Å². The van der Waals surface area contributed by atoms with Gasteiger partial charge in [0.2, 0.25) is 8.32 Å². The molecule has 0 aliphatic heterocycles. The molecule has 0 aromatic carbocycles. The molecule has 0 fully saturated rings. The van der Waals surface area contributed by atoms with Gasteiger partial charge in [-0.05, 0) is 16.6 Å². The van der Waals surface area contributed by atoms with Gasteiger partial charge in [0.05, 0.1) is 0 Å². The molecule has 0 saturated heterocycles. The van der Waals surface area contributed by atoms with Gasteiger partial charge in [0.1, 0.15) is 0 Å². The van der Waals surface area contributed by atoms with Gasteiger partial charge in [-0.1, -0.05) is 292 Å². The fraction of sp³-hybridized carbons (Fsp3) is 1.00. The van der Waals surface area contributed by atoms with Crippen molar-refractivity contribution >= 4 is 8.32 Å². The predicted molar refractivity (Wildman–Crippen MR) is 232 cm³/mol. The Morgan fingerprint density at radius 3 is 0.560 bits per heavy atom. The molecule has 0 saturated carbocycles. The molecule has 0 heterocycles. The van der Waals surface area contributed by atoms with Crippen LogP contribution in [0.15, 0.2) is 0 Å². The number of hydrogen-bond donors (Lipinski definition) is 0. The first kappa shape index (κ1) is 50.2. The van der Waals surface area contributed by atoms with E-state index in [4.69, 9.17) is 0 Å². The summed E-state index contributed by atoms with van der Waals surface area (Å²) in [4.78, 5) is 15.1. The highest BCUT2D eigenvalue weighted by atomic mass is 28.4. The number of hydrogen-bond acceptors (Lipinski definition) is 0. The molecule has 0 spiro atoms. The molecule has 0 aliphatic carbocycles. The van der Waals surface area contributed by atoms with Crippen LogP contribution in [0.3, 0.4) is 0 Å². The third kappa shape index (κ3) is 29.6. The van der Waals surface area contributed by atoms with Crippen LogP contribution >= 0.6 is 0 Å². The zero-order chi connectivity index (χ0) is 36.8. The molecule has 0 aromatic rings. The Balaban J connectivity index is 4.52. The molecule has 0 N–H and O–H groups in total. The van der Waals surface area contributed by atoms with Crippen molar-refractivity contribution in [2.75, 3.05) is 0 Å². The topological polar surface area (TPSA) is 19.9 Å². The van der Waals surface area contributed by atoms with Crippen LogP contribution in [-0.2, 0) is 4.80 Å². The lowest BCUT2D eigenvalue weighted by Crippen LogP contribution is -2.46. The summed E-state index contributed by atoms with van der Waals surface area (Å²) in [5, 5.41) is 0. The highest BCUT2D eigenvalue weighted by Crippen LogP contribution is 2.47. The molecule has 50 heavy (non-hydrogen) atoms. The highest BCUT2D eigenvalue weighted by Gasteiger charge is 2.48. The molecular formula is C48H99OSi. The molecule has 0 rings (SSSR count). The molecule has 3 unspecified atom stereocenters. The predicted octanol–water partition coefficient (Wildman–Crippen LogP) is 18.8. The highest BCUT2D eigenvalue weighted by molar-refractivity contribution is 6.76. The summed E-state index contributed by atoms with van der Waals surface area (Å²) in [7, 11) is -2.61. The SMILES string of the molecule is CCCCCCCCCCCCCCC(C)[Si]([O])(C(C)CCCCCCCCCCCCCC)C(C)CCCCCCCCCCCCCC. The van der Waals surface area contributed by atoms with E-state index in [0.29, 0.717) is 16.6 Å². The van der Waals surface area contributed by atoms with Crippen LogP contribution < -0.4 is 0 Å². The van der Waals surface area contributed by atoms with Crippen molar-refractivity contribution in [1.82, 2.24) is 0 Å². The quantitative estimate of drug-likeness (QED) is 0.0442. The zero-order valence-corrected chi connectivity index (χ0v) is 37.2. The third-order valence-electron chi connectivity index (χ3n) is 12.8. The van der Waals surface area contributed by atoms with E-state index in [9.17, 15) is 0 Å². The fourth-order valence-electron chi connectivity index (χ4n) is 9.01. The normalized spacial score (nSPS) is 14.9. The van der Waals surface area contributed by atoms with Crippen molar-refractivity contribution in [3.8, 4) is 0 Å². The van der Waals surface area contributed by atoms with Crippen molar-refractivity contribution in [3.05, 3.63) is 0 Å². The lowest BCUT2D eigenvalue weighted by atomic mass is 10.0. The van der Waals surface area contributed by atoms with Crippen molar-refractivity contribution in [3.63, 3.8) is 0 Å². The van der Waals surface area contributed by atoms with Crippen LogP contribution in [0.1, 0.15) is 292 Å².